The lowest BCUT2D eigenvalue weighted by molar-refractivity contribution is -0.135. The minimum Gasteiger partial charge on any atom is -0.284 e. The van der Waals surface area contributed by atoms with Crippen LogP contribution in [0.3, 0.4) is 0 Å². The van der Waals surface area contributed by atoms with Crippen molar-refractivity contribution in [1.29, 1.82) is 0 Å². The third kappa shape index (κ3) is 3.96. The smallest absolute Gasteiger partial charge is 0.265 e. The van der Waals surface area contributed by atoms with Gasteiger partial charge in [-0.3, -0.25) is 19.4 Å². The molecule has 0 unspecified atom stereocenters. The molecule has 1 aliphatic carbocycles. The molecule has 0 radical (unpaired) electrons. The molecule has 0 atom stereocenters. The number of halogens is 1. The van der Waals surface area contributed by atoms with E-state index in [1.165, 1.54) is 17.8 Å². The van der Waals surface area contributed by atoms with Crippen molar-refractivity contribution in [3.05, 3.63) is 28.0 Å². The summed E-state index contributed by atoms with van der Waals surface area (Å²) in [5, 5.41) is 2.27. The fraction of sp³-hybridized carbons (Fsp3) is 0.500. The first-order chi connectivity index (χ1) is 12.1. The van der Waals surface area contributed by atoms with Crippen LogP contribution in [0.4, 0.5) is 0 Å². The van der Waals surface area contributed by atoms with Crippen LogP contribution >= 0.6 is 35.2 Å². The quantitative estimate of drug-likeness (QED) is 0.326. The number of nitrogens with zero attached hydrogens (tertiary/aromatic N) is 2. The van der Waals surface area contributed by atoms with Crippen molar-refractivity contribution < 1.29 is 9.59 Å². The van der Waals surface area contributed by atoms with E-state index in [0.29, 0.717) is 24.0 Å². The number of rotatable bonds is 5. The first-order valence-electron chi connectivity index (χ1n) is 8.64. The summed E-state index contributed by atoms with van der Waals surface area (Å²) in [6, 6.07) is 3.90. The van der Waals surface area contributed by atoms with Crippen LogP contribution < -0.4 is 0 Å². The van der Waals surface area contributed by atoms with Crippen LogP contribution in [0, 0.1) is 0 Å². The SMILES string of the molecule is O=C1/C(=C/c2cccs2)C(=O)N(C2CCCCC2)C(=S)N1CCCCl. The second-order valence-corrected chi connectivity index (χ2v) is 8.04. The van der Waals surface area contributed by atoms with Crippen LogP contribution in [-0.4, -0.2) is 45.2 Å². The highest BCUT2D eigenvalue weighted by molar-refractivity contribution is 7.80. The summed E-state index contributed by atoms with van der Waals surface area (Å²) >= 11 is 12.9. The average molecular weight is 397 g/mol. The summed E-state index contributed by atoms with van der Waals surface area (Å²) in [5.74, 6) is -0.105. The molecule has 2 heterocycles. The second-order valence-electron chi connectivity index (χ2n) is 6.32. The maximum atomic E-state index is 13.1. The topological polar surface area (TPSA) is 40.6 Å². The lowest BCUT2D eigenvalue weighted by Crippen LogP contribution is -2.59. The van der Waals surface area contributed by atoms with Gasteiger partial charge in [-0.1, -0.05) is 25.3 Å². The lowest BCUT2D eigenvalue weighted by Gasteiger charge is -2.42. The fourth-order valence-electron chi connectivity index (χ4n) is 3.39. The molecule has 134 valence electrons. The van der Waals surface area contributed by atoms with Crippen molar-refractivity contribution >= 4 is 58.2 Å². The molecule has 0 N–H and O–H groups in total. The highest BCUT2D eigenvalue weighted by Crippen LogP contribution is 2.29. The summed E-state index contributed by atoms with van der Waals surface area (Å²) in [5.41, 5.74) is 0.205. The van der Waals surface area contributed by atoms with Gasteiger partial charge in [-0.25, -0.2) is 0 Å². The van der Waals surface area contributed by atoms with Gasteiger partial charge in [0.25, 0.3) is 11.8 Å². The minimum atomic E-state index is -0.305. The Morgan fingerprint density at radius 3 is 2.64 bits per heavy atom. The summed E-state index contributed by atoms with van der Waals surface area (Å²) in [7, 11) is 0. The number of thiocarbonyl (C=S) groups is 1. The first-order valence-corrected chi connectivity index (χ1v) is 10.5. The average Bonchev–Trinajstić information content (AvgIpc) is 3.13. The Kier molecular flexibility index (Phi) is 6.25. The zero-order valence-corrected chi connectivity index (χ0v) is 16.3. The van der Waals surface area contributed by atoms with E-state index in [4.69, 9.17) is 23.8 Å². The summed E-state index contributed by atoms with van der Waals surface area (Å²) in [6.07, 6.45) is 7.60. The monoisotopic (exact) mass is 396 g/mol. The number of carbonyl (C=O) groups is 2. The highest BCUT2D eigenvalue weighted by atomic mass is 35.5. The summed E-state index contributed by atoms with van der Waals surface area (Å²) < 4.78 is 0. The number of hydrogen-bond acceptors (Lipinski definition) is 4. The molecule has 7 heteroatoms. The van der Waals surface area contributed by atoms with Gasteiger partial charge in [0.1, 0.15) is 5.57 Å². The van der Waals surface area contributed by atoms with Crippen LogP contribution in [0.25, 0.3) is 6.08 Å². The Bertz CT molecular complexity index is 681. The van der Waals surface area contributed by atoms with Crippen molar-refractivity contribution in [3.63, 3.8) is 0 Å². The maximum absolute atomic E-state index is 13.1. The van der Waals surface area contributed by atoms with Crippen LogP contribution in [0.2, 0.25) is 0 Å². The van der Waals surface area contributed by atoms with Gasteiger partial charge in [-0.15, -0.1) is 22.9 Å². The van der Waals surface area contributed by atoms with E-state index in [1.807, 2.05) is 17.5 Å². The highest BCUT2D eigenvalue weighted by Gasteiger charge is 2.42. The molecule has 25 heavy (non-hydrogen) atoms. The predicted molar refractivity (Wildman–Crippen MR) is 106 cm³/mol. The molecule has 3 rings (SSSR count). The first kappa shape index (κ1) is 18.5. The fourth-order valence-corrected chi connectivity index (χ4v) is 4.57. The number of alkyl halides is 1. The van der Waals surface area contributed by atoms with Gasteiger partial charge in [0.15, 0.2) is 5.11 Å². The van der Waals surface area contributed by atoms with Gasteiger partial charge >= 0.3 is 0 Å². The molecular formula is C18H21ClN2O2S2. The molecule has 0 aromatic carbocycles. The van der Waals surface area contributed by atoms with E-state index < -0.39 is 0 Å². The van der Waals surface area contributed by atoms with Crippen LogP contribution in [-0.2, 0) is 9.59 Å². The number of thiophene rings is 1. The Morgan fingerprint density at radius 2 is 2.00 bits per heavy atom. The van der Waals surface area contributed by atoms with E-state index in [0.717, 1.165) is 30.6 Å². The number of hydrogen-bond donors (Lipinski definition) is 0. The number of amides is 2. The summed E-state index contributed by atoms with van der Waals surface area (Å²) in [6.45, 7) is 0.444. The van der Waals surface area contributed by atoms with Crippen LogP contribution in [0.15, 0.2) is 23.1 Å². The van der Waals surface area contributed by atoms with Crippen molar-refractivity contribution in [3.8, 4) is 0 Å². The van der Waals surface area contributed by atoms with E-state index in [9.17, 15) is 9.59 Å². The molecule has 1 aromatic rings. The molecule has 0 spiro atoms. The second kappa shape index (κ2) is 8.43. The maximum Gasteiger partial charge on any atom is 0.265 e. The molecule has 1 saturated heterocycles. The Morgan fingerprint density at radius 1 is 1.24 bits per heavy atom. The van der Waals surface area contributed by atoms with E-state index in [-0.39, 0.29) is 23.4 Å². The van der Waals surface area contributed by atoms with Gasteiger partial charge in [0, 0.05) is 23.3 Å². The van der Waals surface area contributed by atoms with E-state index in [1.54, 1.807) is 15.9 Å². The van der Waals surface area contributed by atoms with Gasteiger partial charge in [0.05, 0.1) is 0 Å². The Hall–Kier alpha value is -1.24. The largest absolute Gasteiger partial charge is 0.284 e. The van der Waals surface area contributed by atoms with Crippen molar-refractivity contribution in [2.75, 3.05) is 12.4 Å². The van der Waals surface area contributed by atoms with Crippen LogP contribution in [0.1, 0.15) is 43.4 Å². The molecule has 4 nitrogen and oxygen atoms in total. The van der Waals surface area contributed by atoms with E-state index in [2.05, 4.69) is 0 Å². The standard InChI is InChI=1S/C18H21ClN2O2S2/c19-9-5-10-20-16(22)15(12-14-8-4-11-25-14)17(23)21(18(20)24)13-6-2-1-3-7-13/h4,8,11-13H,1-3,5-7,9-10H2/b15-12-. The summed E-state index contributed by atoms with van der Waals surface area (Å²) in [4.78, 5) is 30.1. The van der Waals surface area contributed by atoms with Crippen molar-refractivity contribution in [1.82, 2.24) is 9.80 Å². The predicted octanol–water partition coefficient (Wildman–Crippen LogP) is 4.05. The molecule has 1 aromatic heterocycles. The molecule has 1 saturated carbocycles. The third-order valence-electron chi connectivity index (χ3n) is 4.65. The van der Waals surface area contributed by atoms with Crippen LogP contribution in [0.5, 0.6) is 0 Å². The normalized spacial score (nSPS) is 21.5. The van der Waals surface area contributed by atoms with Crippen molar-refractivity contribution in [2.24, 2.45) is 0 Å². The molecule has 2 aliphatic rings. The number of carbonyl (C=O) groups excluding carboxylic acids is 2. The zero-order valence-electron chi connectivity index (χ0n) is 13.9. The van der Waals surface area contributed by atoms with Gasteiger partial charge in [-0.2, -0.15) is 0 Å². The molecule has 1 aliphatic heterocycles. The van der Waals surface area contributed by atoms with E-state index >= 15 is 0 Å². The molecule has 0 bridgehead atoms. The molecule has 2 amide bonds. The van der Waals surface area contributed by atoms with Gasteiger partial charge in [-0.05, 0) is 49.0 Å². The van der Waals surface area contributed by atoms with Gasteiger partial charge < -0.3 is 0 Å². The minimum absolute atomic E-state index is 0.0899. The molecular weight excluding hydrogens is 376 g/mol. The Balaban J connectivity index is 1.95. The Labute approximate surface area is 162 Å². The van der Waals surface area contributed by atoms with Crippen molar-refractivity contribution in [2.45, 2.75) is 44.6 Å². The van der Waals surface area contributed by atoms with Gasteiger partial charge in [0.2, 0.25) is 0 Å². The zero-order chi connectivity index (χ0) is 17.8. The third-order valence-corrected chi connectivity index (χ3v) is 6.15. The lowest BCUT2D eigenvalue weighted by atomic mass is 9.93. The molecule has 2 fully saturated rings.